The van der Waals surface area contributed by atoms with Gasteiger partial charge in [0, 0.05) is 37.1 Å². The number of hydrogen-bond donors (Lipinski definition) is 1. The average molecular weight is 465 g/mol. The number of hydrogen-bond acceptors (Lipinski definition) is 5. The summed E-state index contributed by atoms with van der Waals surface area (Å²) in [5, 5.41) is 0. The van der Waals surface area contributed by atoms with E-state index >= 15 is 0 Å². The van der Waals surface area contributed by atoms with Crippen molar-refractivity contribution in [1.82, 2.24) is 14.8 Å². The van der Waals surface area contributed by atoms with Crippen molar-refractivity contribution in [3.8, 4) is 0 Å². The zero-order valence-electron chi connectivity index (χ0n) is 17.2. The van der Waals surface area contributed by atoms with E-state index in [-0.39, 0.29) is 66.6 Å². The Hall–Kier alpha value is -2.48. The lowest BCUT2D eigenvalue weighted by molar-refractivity contribution is 0.0640. The summed E-state index contributed by atoms with van der Waals surface area (Å²) in [7, 11) is 0. The summed E-state index contributed by atoms with van der Waals surface area (Å²) >= 11 is 0. The number of pyridine rings is 1. The van der Waals surface area contributed by atoms with Crippen LogP contribution in [0.25, 0.3) is 0 Å². The van der Waals surface area contributed by atoms with Gasteiger partial charge in [-0.25, -0.2) is 0 Å². The van der Waals surface area contributed by atoms with Gasteiger partial charge in [-0.15, -0.1) is 24.8 Å². The van der Waals surface area contributed by atoms with E-state index in [0.717, 1.165) is 18.4 Å². The Morgan fingerprint density at radius 1 is 1.13 bits per heavy atom. The Labute approximate surface area is 193 Å². The molecule has 2 N–H and O–H groups in total. The summed E-state index contributed by atoms with van der Waals surface area (Å²) < 4.78 is 0. The van der Waals surface area contributed by atoms with E-state index in [2.05, 4.69) is 4.98 Å². The molecule has 0 aliphatic carbocycles. The van der Waals surface area contributed by atoms with Gasteiger partial charge in [-0.05, 0) is 61.6 Å². The smallest absolute Gasteiger partial charge is 0.261 e. The number of benzene rings is 1. The van der Waals surface area contributed by atoms with Crippen molar-refractivity contribution in [2.24, 2.45) is 11.7 Å². The quantitative estimate of drug-likeness (QED) is 0.701. The van der Waals surface area contributed by atoms with Crippen LogP contribution in [0.2, 0.25) is 0 Å². The fraction of sp³-hybridized carbons (Fsp3) is 0.364. The molecule has 1 saturated heterocycles. The second-order valence-corrected chi connectivity index (χ2v) is 7.82. The van der Waals surface area contributed by atoms with Crippen LogP contribution in [0.3, 0.4) is 0 Å². The van der Waals surface area contributed by atoms with Gasteiger partial charge in [0.25, 0.3) is 17.7 Å². The summed E-state index contributed by atoms with van der Waals surface area (Å²) in [5.74, 6) is -0.549. The SMILES string of the molecule is CC(N)C1CCCN(C(=O)c2ccc3c(c2)C(=O)N(Cc2ccncc2)C3=O)C1.Cl.Cl. The van der Waals surface area contributed by atoms with Crippen molar-refractivity contribution in [2.75, 3.05) is 13.1 Å². The standard InChI is InChI=1S/C22H24N4O3.2ClH/c1-14(23)17-3-2-10-25(13-17)20(27)16-4-5-18-19(11-16)22(29)26(21(18)28)12-15-6-8-24-9-7-15;;/h4-9,11,14,17H,2-3,10,12-13,23H2,1H3;2*1H. The Bertz CT molecular complexity index is 968. The molecule has 4 rings (SSSR count). The Morgan fingerprint density at radius 2 is 1.81 bits per heavy atom. The van der Waals surface area contributed by atoms with Gasteiger partial charge in [-0.2, -0.15) is 0 Å². The van der Waals surface area contributed by atoms with Crippen molar-refractivity contribution in [3.63, 3.8) is 0 Å². The largest absolute Gasteiger partial charge is 0.338 e. The number of aromatic nitrogens is 1. The van der Waals surface area contributed by atoms with Gasteiger partial charge >= 0.3 is 0 Å². The van der Waals surface area contributed by atoms with Crippen LogP contribution >= 0.6 is 24.8 Å². The molecule has 2 atom stereocenters. The van der Waals surface area contributed by atoms with Crippen molar-refractivity contribution in [2.45, 2.75) is 32.4 Å². The highest BCUT2D eigenvalue weighted by molar-refractivity contribution is 6.22. The predicted octanol–water partition coefficient (Wildman–Crippen LogP) is 2.92. The van der Waals surface area contributed by atoms with Gasteiger partial charge in [-0.1, -0.05) is 0 Å². The molecule has 31 heavy (non-hydrogen) atoms. The van der Waals surface area contributed by atoms with Crippen molar-refractivity contribution in [1.29, 1.82) is 0 Å². The minimum atomic E-state index is -0.372. The van der Waals surface area contributed by atoms with Gasteiger partial charge in [0.15, 0.2) is 0 Å². The number of carbonyl (C=O) groups is 3. The van der Waals surface area contributed by atoms with E-state index in [9.17, 15) is 14.4 Å². The molecule has 9 heteroatoms. The topological polar surface area (TPSA) is 96.6 Å². The second kappa shape index (κ2) is 10.2. The highest BCUT2D eigenvalue weighted by Crippen LogP contribution is 2.27. The normalized spacial score (nSPS) is 18.7. The molecule has 2 aromatic rings. The van der Waals surface area contributed by atoms with Gasteiger partial charge in [0.2, 0.25) is 0 Å². The summed E-state index contributed by atoms with van der Waals surface area (Å²) in [6, 6.07) is 8.35. The number of imide groups is 1. The summed E-state index contributed by atoms with van der Waals surface area (Å²) in [6.45, 7) is 3.45. The van der Waals surface area contributed by atoms with Crippen LogP contribution in [-0.4, -0.2) is 51.6 Å². The maximum absolute atomic E-state index is 13.0. The number of rotatable bonds is 4. The van der Waals surface area contributed by atoms with Crippen molar-refractivity contribution in [3.05, 3.63) is 65.0 Å². The fourth-order valence-electron chi connectivity index (χ4n) is 4.04. The van der Waals surface area contributed by atoms with Gasteiger partial charge in [-0.3, -0.25) is 24.3 Å². The zero-order chi connectivity index (χ0) is 20.5. The van der Waals surface area contributed by atoms with E-state index in [1.165, 1.54) is 4.90 Å². The molecule has 2 unspecified atom stereocenters. The van der Waals surface area contributed by atoms with Crippen LogP contribution in [0.15, 0.2) is 42.7 Å². The molecule has 1 aromatic heterocycles. The second-order valence-electron chi connectivity index (χ2n) is 7.82. The lowest BCUT2D eigenvalue weighted by Gasteiger charge is -2.34. The molecule has 0 radical (unpaired) electrons. The van der Waals surface area contributed by atoms with Crippen LogP contribution < -0.4 is 5.73 Å². The van der Waals surface area contributed by atoms with Crippen LogP contribution in [-0.2, 0) is 6.54 Å². The molecule has 2 aliphatic heterocycles. The Kier molecular flexibility index (Phi) is 8.17. The van der Waals surface area contributed by atoms with Crippen LogP contribution in [0.5, 0.6) is 0 Å². The minimum absolute atomic E-state index is 0. The fourth-order valence-corrected chi connectivity index (χ4v) is 4.04. The molecule has 2 aliphatic rings. The number of piperidine rings is 1. The number of fused-ring (bicyclic) bond motifs is 1. The third kappa shape index (κ3) is 4.89. The number of carbonyl (C=O) groups excluding carboxylic acids is 3. The first-order valence-electron chi connectivity index (χ1n) is 9.89. The molecular formula is C22H26Cl2N4O3. The first-order valence-corrected chi connectivity index (χ1v) is 9.89. The van der Waals surface area contributed by atoms with E-state index in [4.69, 9.17) is 5.73 Å². The Morgan fingerprint density at radius 3 is 2.48 bits per heavy atom. The van der Waals surface area contributed by atoms with Crippen LogP contribution in [0, 0.1) is 5.92 Å². The average Bonchev–Trinajstić information content (AvgIpc) is 2.98. The number of amides is 3. The molecule has 7 nitrogen and oxygen atoms in total. The Balaban J connectivity index is 0.00000171. The van der Waals surface area contributed by atoms with Gasteiger partial charge < -0.3 is 10.6 Å². The summed E-state index contributed by atoms with van der Waals surface area (Å²) in [4.78, 5) is 45.5. The van der Waals surface area contributed by atoms with Crippen LogP contribution in [0.1, 0.15) is 56.4 Å². The molecule has 3 heterocycles. The monoisotopic (exact) mass is 464 g/mol. The molecule has 166 valence electrons. The van der Waals surface area contributed by atoms with E-state index in [1.54, 1.807) is 47.6 Å². The molecular weight excluding hydrogens is 439 g/mol. The molecule has 0 bridgehead atoms. The molecule has 3 amide bonds. The van der Waals surface area contributed by atoms with Gasteiger partial charge in [0.05, 0.1) is 17.7 Å². The lowest BCUT2D eigenvalue weighted by Crippen LogP contribution is -2.45. The van der Waals surface area contributed by atoms with E-state index < -0.39 is 0 Å². The first kappa shape index (κ1) is 24.8. The first-order chi connectivity index (χ1) is 14.0. The van der Waals surface area contributed by atoms with Crippen molar-refractivity contribution >= 4 is 42.5 Å². The number of halogens is 2. The number of nitrogens with zero attached hydrogens (tertiary/aromatic N) is 3. The lowest BCUT2D eigenvalue weighted by atomic mass is 9.91. The highest BCUT2D eigenvalue weighted by atomic mass is 35.5. The highest BCUT2D eigenvalue weighted by Gasteiger charge is 2.36. The summed E-state index contributed by atoms with van der Waals surface area (Å²) in [5.41, 5.74) is 7.90. The maximum atomic E-state index is 13.0. The third-order valence-electron chi connectivity index (χ3n) is 5.80. The van der Waals surface area contributed by atoms with Crippen molar-refractivity contribution < 1.29 is 14.4 Å². The number of nitrogens with two attached hydrogens (primary N) is 1. The minimum Gasteiger partial charge on any atom is -0.338 e. The maximum Gasteiger partial charge on any atom is 0.261 e. The van der Waals surface area contributed by atoms with E-state index in [0.29, 0.717) is 24.2 Å². The third-order valence-corrected chi connectivity index (χ3v) is 5.80. The summed E-state index contributed by atoms with van der Waals surface area (Å²) in [6.07, 6.45) is 5.18. The molecule has 1 fully saturated rings. The molecule has 0 spiro atoms. The van der Waals surface area contributed by atoms with Crippen LogP contribution in [0.4, 0.5) is 0 Å². The predicted molar refractivity (Wildman–Crippen MR) is 122 cm³/mol. The molecule has 1 aromatic carbocycles. The molecule has 0 saturated carbocycles. The van der Waals surface area contributed by atoms with E-state index in [1.807, 2.05) is 6.92 Å². The van der Waals surface area contributed by atoms with Gasteiger partial charge in [0.1, 0.15) is 0 Å². The zero-order valence-corrected chi connectivity index (χ0v) is 18.8. The number of likely N-dealkylation sites (tertiary alicyclic amines) is 1.